The number of unbranched alkanes of at least 4 members (excludes halogenated alkanes) is 3. The van der Waals surface area contributed by atoms with Crippen molar-refractivity contribution in [1.82, 2.24) is 10.6 Å². The molecule has 0 rings (SSSR count). The highest BCUT2D eigenvalue weighted by molar-refractivity contribution is 5.87. The smallest absolute Gasteiger partial charge is 0.242 e. The maximum atomic E-state index is 12.4. The van der Waals surface area contributed by atoms with Gasteiger partial charge >= 0.3 is 0 Å². The number of carbonyl (C=O) groups is 2. The summed E-state index contributed by atoms with van der Waals surface area (Å²) in [6.07, 6.45) is 5.16. The molecular weight excluding hydrogens is 390 g/mol. The van der Waals surface area contributed by atoms with Crippen LogP contribution in [-0.4, -0.2) is 83.7 Å². The van der Waals surface area contributed by atoms with Crippen molar-refractivity contribution in [1.29, 1.82) is 0 Å². The van der Waals surface area contributed by atoms with Gasteiger partial charge in [-0.15, -0.1) is 0 Å². The highest BCUT2D eigenvalue weighted by Gasteiger charge is 2.19. The first kappa shape index (κ1) is 28.7. The predicted octanol–water partition coefficient (Wildman–Crippen LogP) is -0.756. The molecule has 0 saturated heterocycles. The molecule has 10 heteroatoms. The van der Waals surface area contributed by atoms with Crippen LogP contribution < -0.4 is 27.8 Å². The first-order valence-corrected chi connectivity index (χ1v) is 11.1. The minimum atomic E-state index is -0.546. The molecule has 0 aliphatic heterocycles. The van der Waals surface area contributed by atoms with Crippen molar-refractivity contribution in [2.24, 2.45) is 17.2 Å². The largest absolute Gasteiger partial charge is 0.378 e. The van der Waals surface area contributed by atoms with Crippen molar-refractivity contribution in [2.75, 3.05) is 65.8 Å². The van der Waals surface area contributed by atoms with Gasteiger partial charge in [0, 0.05) is 19.5 Å². The van der Waals surface area contributed by atoms with Gasteiger partial charge in [-0.1, -0.05) is 6.42 Å². The quantitative estimate of drug-likeness (QED) is 0.139. The zero-order valence-electron chi connectivity index (χ0n) is 18.4. The van der Waals surface area contributed by atoms with Crippen molar-refractivity contribution < 1.29 is 23.8 Å². The fraction of sp³-hybridized carbons (Fsp3) is 0.900. The number of nitrogens with one attached hydrogen (secondary N) is 2. The summed E-state index contributed by atoms with van der Waals surface area (Å²) in [7, 11) is 0. The highest BCUT2D eigenvalue weighted by atomic mass is 16.5. The summed E-state index contributed by atoms with van der Waals surface area (Å²) in [5.41, 5.74) is 16.3. The van der Waals surface area contributed by atoms with Gasteiger partial charge in [-0.3, -0.25) is 9.59 Å². The predicted molar refractivity (Wildman–Crippen MR) is 117 cm³/mol. The molecular formula is C20H43N5O5. The minimum Gasteiger partial charge on any atom is -0.378 e. The van der Waals surface area contributed by atoms with E-state index in [4.69, 9.17) is 31.4 Å². The van der Waals surface area contributed by atoms with Crippen LogP contribution in [0.1, 0.15) is 44.9 Å². The van der Waals surface area contributed by atoms with E-state index in [1.165, 1.54) is 0 Å². The molecule has 0 heterocycles. The Hall–Kier alpha value is -1.30. The number of nitrogens with two attached hydrogens (primary N) is 3. The first-order valence-electron chi connectivity index (χ1n) is 11.1. The van der Waals surface area contributed by atoms with E-state index in [0.717, 1.165) is 32.1 Å². The fourth-order valence-electron chi connectivity index (χ4n) is 2.63. The van der Waals surface area contributed by atoms with Gasteiger partial charge in [-0.25, -0.2) is 0 Å². The lowest BCUT2D eigenvalue weighted by Gasteiger charge is -2.18. The van der Waals surface area contributed by atoms with Gasteiger partial charge in [0.1, 0.15) is 6.04 Å². The second-order valence-electron chi connectivity index (χ2n) is 6.92. The average molecular weight is 434 g/mol. The summed E-state index contributed by atoms with van der Waals surface area (Å²) in [5.74, 6) is -0.303. The molecule has 10 nitrogen and oxygen atoms in total. The number of hydrogen-bond acceptors (Lipinski definition) is 8. The van der Waals surface area contributed by atoms with Gasteiger partial charge in [0.05, 0.1) is 39.6 Å². The van der Waals surface area contributed by atoms with E-state index in [0.29, 0.717) is 78.7 Å². The third-order valence-electron chi connectivity index (χ3n) is 4.26. The second kappa shape index (κ2) is 22.4. The lowest BCUT2D eigenvalue weighted by molar-refractivity contribution is -0.129. The molecule has 0 aromatic carbocycles. The number of rotatable bonds is 22. The van der Waals surface area contributed by atoms with Crippen LogP contribution in [0.2, 0.25) is 0 Å². The number of amides is 2. The van der Waals surface area contributed by atoms with Crippen LogP contribution in [0.3, 0.4) is 0 Å². The topological polar surface area (TPSA) is 164 Å². The van der Waals surface area contributed by atoms with Crippen molar-refractivity contribution in [3.8, 4) is 0 Å². The molecule has 2 amide bonds. The summed E-state index contributed by atoms with van der Waals surface area (Å²) >= 11 is 0. The molecule has 0 aromatic heterocycles. The molecule has 0 fully saturated rings. The summed E-state index contributed by atoms with van der Waals surface area (Å²) in [5, 5.41) is 5.66. The van der Waals surface area contributed by atoms with Crippen LogP contribution in [0.15, 0.2) is 0 Å². The van der Waals surface area contributed by atoms with Crippen molar-refractivity contribution in [3.05, 3.63) is 0 Å². The van der Waals surface area contributed by atoms with Crippen LogP contribution in [-0.2, 0) is 23.8 Å². The zero-order chi connectivity index (χ0) is 22.3. The maximum Gasteiger partial charge on any atom is 0.242 e. The van der Waals surface area contributed by atoms with Crippen LogP contribution in [0.4, 0.5) is 0 Å². The Kier molecular flexibility index (Phi) is 21.4. The molecule has 0 aliphatic rings. The maximum absolute atomic E-state index is 12.4. The number of hydrogen-bond donors (Lipinski definition) is 5. The Balaban J connectivity index is 3.95. The number of ether oxygens (including phenoxy) is 3. The molecule has 0 bridgehead atoms. The van der Waals surface area contributed by atoms with Crippen LogP contribution in [0.25, 0.3) is 0 Å². The molecule has 0 saturated carbocycles. The Morgan fingerprint density at radius 1 is 0.700 bits per heavy atom. The molecule has 0 aliphatic carbocycles. The van der Waals surface area contributed by atoms with Crippen LogP contribution in [0, 0.1) is 0 Å². The van der Waals surface area contributed by atoms with Crippen molar-refractivity contribution >= 4 is 11.8 Å². The fourth-order valence-corrected chi connectivity index (χ4v) is 2.63. The van der Waals surface area contributed by atoms with Crippen LogP contribution >= 0.6 is 0 Å². The van der Waals surface area contributed by atoms with E-state index in [2.05, 4.69) is 10.6 Å². The third-order valence-corrected chi connectivity index (χ3v) is 4.26. The molecule has 0 radical (unpaired) electrons. The first-order chi connectivity index (χ1) is 14.7. The Morgan fingerprint density at radius 3 is 1.93 bits per heavy atom. The van der Waals surface area contributed by atoms with E-state index < -0.39 is 6.04 Å². The Bertz CT molecular complexity index is 415. The van der Waals surface area contributed by atoms with E-state index in [-0.39, 0.29) is 11.8 Å². The summed E-state index contributed by atoms with van der Waals surface area (Å²) in [6.45, 7) is 4.88. The van der Waals surface area contributed by atoms with E-state index in [9.17, 15) is 9.59 Å². The van der Waals surface area contributed by atoms with Crippen LogP contribution in [0.5, 0.6) is 0 Å². The van der Waals surface area contributed by atoms with E-state index >= 15 is 0 Å². The van der Waals surface area contributed by atoms with E-state index in [1.807, 2.05) is 0 Å². The summed E-state index contributed by atoms with van der Waals surface area (Å²) in [4.78, 5) is 24.5. The van der Waals surface area contributed by atoms with Gasteiger partial charge in [0.25, 0.3) is 0 Å². The molecule has 0 aromatic rings. The standard InChI is InChI=1S/C20H43N5O5/c21-8-4-1-2-7-19(26)25-18(6-3-5-9-22)20(27)24-11-13-29-15-17-30-16-14-28-12-10-23/h18H,1-17,21-23H2,(H,24,27)(H,25,26)/t18-/m0/s1. The van der Waals surface area contributed by atoms with Crippen molar-refractivity contribution in [2.45, 2.75) is 51.0 Å². The summed E-state index contributed by atoms with van der Waals surface area (Å²) in [6, 6.07) is -0.546. The Labute approximate surface area is 180 Å². The lowest BCUT2D eigenvalue weighted by Crippen LogP contribution is -2.47. The minimum absolute atomic E-state index is 0.108. The van der Waals surface area contributed by atoms with Gasteiger partial charge in [-0.2, -0.15) is 0 Å². The third kappa shape index (κ3) is 18.7. The van der Waals surface area contributed by atoms with Crippen molar-refractivity contribution in [3.63, 3.8) is 0 Å². The van der Waals surface area contributed by atoms with Gasteiger partial charge in [-0.05, 0) is 45.2 Å². The van der Waals surface area contributed by atoms with Gasteiger partial charge in [0.2, 0.25) is 11.8 Å². The van der Waals surface area contributed by atoms with Gasteiger partial charge in [0.15, 0.2) is 0 Å². The highest BCUT2D eigenvalue weighted by Crippen LogP contribution is 2.04. The van der Waals surface area contributed by atoms with Gasteiger partial charge < -0.3 is 42.0 Å². The zero-order valence-corrected chi connectivity index (χ0v) is 18.4. The summed E-state index contributed by atoms with van der Waals surface area (Å²) < 4.78 is 16.0. The second-order valence-corrected chi connectivity index (χ2v) is 6.92. The number of carbonyl (C=O) groups excluding carboxylic acids is 2. The molecule has 0 unspecified atom stereocenters. The monoisotopic (exact) mass is 433 g/mol. The molecule has 0 spiro atoms. The molecule has 30 heavy (non-hydrogen) atoms. The lowest BCUT2D eigenvalue weighted by atomic mass is 10.1. The normalized spacial score (nSPS) is 12.0. The Morgan fingerprint density at radius 2 is 1.30 bits per heavy atom. The van der Waals surface area contributed by atoms with E-state index in [1.54, 1.807) is 0 Å². The molecule has 178 valence electrons. The average Bonchev–Trinajstić information content (AvgIpc) is 2.74. The molecule has 8 N–H and O–H groups in total. The SMILES string of the molecule is NCCCCCC(=O)N[C@@H](CCCCN)C(=O)NCCOCCOCCOCCN. The molecule has 1 atom stereocenters.